The molecule has 1 saturated heterocycles. The van der Waals surface area contributed by atoms with Crippen molar-refractivity contribution in [1.29, 1.82) is 0 Å². The highest BCUT2D eigenvalue weighted by atomic mass is 35.5. The molecular formula is C26H27Cl2NO7. The van der Waals surface area contributed by atoms with E-state index in [4.69, 9.17) is 42.1 Å². The lowest BCUT2D eigenvalue weighted by atomic mass is 9.93. The maximum Gasteiger partial charge on any atom is 0.295 e. The van der Waals surface area contributed by atoms with Crippen molar-refractivity contribution in [2.45, 2.75) is 37.8 Å². The standard InChI is InChI=1S/C26H27Cl2NO7/c1-33-17-11-7-10-14(23(17)34-2)20-18(22(31)26(32)29(20)13-8-5-6-9-13)21(30)15-12-16(27)25(36-4)19(28)24(15)35-3/h7,10-13,20,30H,5-6,8-9H2,1-4H3/b21-18+. The first kappa shape index (κ1) is 26.0. The fourth-order valence-electron chi connectivity index (χ4n) is 5.13. The fraction of sp³-hybridized carbons (Fsp3) is 0.385. The van der Waals surface area contributed by atoms with Crippen LogP contribution < -0.4 is 18.9 Å². The van der Waals surface area contributed by atoms with Crippen molar-refractivity contribution in [2.24, 2.45) is 0 Å². The largest absolute Gasteiger partial charge is 0.507 e. The van der Waals surface area contributed by atoms with Crippen LogP contribution in [0.15, 0.2) is 29.8 Å². The van der Waals surface area contributed by atoms with E-state index in [1.807, 2.05) is 0 Å². The van der Waals surface area contributed by atoms with Crippen LogP contribution in [0.3, 0.4) is 0 Å². The Labute approximate surface area is 219 Å². The number of carbonyl (C=O) groups is 2. The summed E-state index contributed by atoms with van der Waals surface area (Å²) in [6.07, 6.45) is 3.37. The number of hydrogen-bond donors (Lipinski definition) is 1. The maximum atomic E-state index is 13.5. The molecule has 1 aliphatic heterocycles. The van der Waals surface area contributed by atoms with Gasteiger partial charge >= 0.3 is 0 Å². The van der Waals surface area contributed by atoms with E-state index >= 15 is 0 Å². The summed E-state index contributed by atoms with van der Waals surface area (Å²) in [5.41, 5.74) is 0.452. The van der Waals surface area contributed by atoms with E-state index in [1.54, 1.807) is 23.1 Å². The number of hydrogen-bond acceptors (Lipinski definition) is 7. The van der Waals surface area contributed by atoms with Gasteiger partial charge in [-0.25, -0.2) is 0 Å². The van der Waals surface area contributed by atoms with Crippen molar-refractivity contribution < 1.29 is 33.6 Å². The minimum absolute atomic E-state index is 0.0228. The number of halogens is 2. The Bertz CT molecular complexity index is 1240. The second kappa shape index (κ2) is 10.5. The van der Waals surface area contributed by atoms with Gasteiger partial charge in [-0.05, 0) is 25.0 Å². The van der Waals surface area contributed by atoms with Crippen LogP contribution >= 0.6 is 23.2 Å². The summed E-state index contributed by atoms with van der Waals surface area (Å²) in [7, 11) is 5.75. The lowest BCUT2D eigenvalue weighted by molar-refractivity contribution is -0.141. The average molecular weight is 536 g/mol. The molecule has 1 atom stereocenters. The van der Waals surface area contributed by atoms with Gasteiger partial charge in [-0.15, -0.1) is 0 Å². The predicted octanol–water partition coefficient (Wildman–Crippen LogP) is 5.39. The lowest BCUT2D eigenvalue weighted by Gasteiger charge is -2.31. The quantitative estimate of drug-likeness (QED) is 0.288. The Hall–Kier alpha value is -3.10. The SMILES string of the molecule is COc1cccc(C2/C(=C(\O)c3cc(Cl)c(OC)c(Cl)c3OC)C(=O)C(=O)N2C2CCCC2)c1OC. The second-order valence-electron chi connectivity index (χ2n) is 8.51. The van der Waals surface area contributed by atoms with Gasteiger partial charge < -0.3 is 29.0 Å². The zero-order valence-corrected chi connectivity index (χ0v) is 21.9. The zero-order chi connectivity index (χ0) is 26.1. The molecule has 1 amide bonds. The highest BCUT2D eigenvalue weighted by Crippen LogP contribution is 2.50. The summed E-state index contributed by atoms with van der Waals surface area (Å²) in [5, 5.41) is 11.7. The number of para-hydroxylation sites is 1. The number of benzene rings is 2. The van der Waals surface area contributed by atoms with Crippen molar-refractivity contribution in [1.82, 2.24) is 4.90 Å². The summed E-state index contributed by atoms with van der Waals surface area (Å²) in [5.74, 6) is -0.976. The monoisotopic (exact) mass is 535 g/mol. The van der Waals surface area contributed by atoms with Crippen LogP contribution in [0.1, 0.15) is 42.9 Å². The molecule has 1 saturated carbocycles. The molecule has 2 aromatic carbocycles. The van der Waals surface area contributed by atoms with Gasteiger partial charge in [0.15, 0.2) is 23.0 Å². The Morgan fingerprint density at radius 1 is 0.944 bits per heavy atom. The molecule has 1 unspecified atom stereocenters. The second-order valence-corrected chi connectivity index (χ2v) is 9.30. The molecule has 8 nitrogen and oxygen atoms in total. The number of likely N-dealkylation sites (tertiary alicyclic amines) is 1. The van der Waals surface area contributed by atoms with Gasteiger partial charge in [-0.2, -0.15) is 0 Å². The van der Waals surface area contributed by atoms with Gasteiger partial charge in [0.2, 0.25) is 0 Å². The number of rotatable bonds is 7. The molecule has 192 valence electrons. The minimum atomic E-state index is -0.928. The highest BCUT2D eigenvalue weighted by Gasteiger charge is 2.50. The van der Waals surface area contributed by atoms with Crippen LogP contribution in [-0.2, 0) is 9.59 Å². The van der Waals surface area contributed by atoms with Crippen molar-refractivity contribution in [3.63, 3.8) is 0 Å². The fourth-order valence-corrected chi connectivity index (χ4v) is 5.82. The molecule has 2 aliphatic rings. The predicted molar refractivity (Wildman–Crippen MR) is 136 cm³/mol. The van der Waals surface area contributed by atoms with Crippen LogP contribution in [0.25, 0.3) is 5.76 Å². The highest BCUT2D eigenvalue weighted by molar-refractivity contribution is 6.47. The van der Waals surface area contributed by atoms with E-state index in [9.17, 15) is 14.7 Å². The number of ketones is 1. The number of carbonyl (C=O) groups excluding carboxylic acids is 2. The molecule has 1 aliphatic carbocycles. The Morgan fingerprint density at radius 2 is 1.58 bits per heavy atom. The topological polar surface area (TPSA) is 94.5 Å². The first-order chi connectivity index (χ1) is 17.3. The zero-order valence-electron chi connectivity index (χ0n) is 20.4. The molecule has 2 fully saturated rings. The number of nitrogens with zero attached hydrogens (tertiary/aromatic N) is 1. The van der Waals surface area contributed by atoms with E-state index in [0.717, 1.165) is 25.7 Å². The summed E-state index contributed by atoms with van der Waals surface area (Å²) in [6, 6.07) is 5.50. The number of Topliss-reactive ketones (excluding diaryl/α,β-unsaturated/α-hetero) is 1. The van der Waals surface area contributed by atoms with Crippen LogP contribution in [-0.4, -0.2) is 56.2 Å². The number of ether oxygens (including phenoxy) is 4. The van der Waals surface area contributed by atoms with Crippen LogP contribution in [0.5, 0.6) is 23.0 Å². The minimum Gasteiger partial charge on any atom is -0.507 e. The Kier molecular flexibility index (Phi) is 7.57. The van der Waals surface area contributed by atoms with Gasteiger partial charge in [-0.1, -0.05) is 48.2 Å². The molecule has 36 heavy (non-hydrogen) atoms. The molecular weight excluding hydrogens is 509 g/mol. The van der Waals surface area contributed by atoms with Crippen molar-refractivity contribution in [3.05, 3.63) is 51.0 Å². The third-order valence-corrected chi connectivity index (χ3v) is 7.34. The number of aliphatic hydroxyl groups excluding tert-OH is 1. The van der Waals surface area contributed by atoms with E-state index in [0.29, 0.717) is 17.1 Å². The lowest BCUT2D eigenvalue weighted by Crippen LogP contribution is -2.37. The Morgan fingerprint density at radius 3 is 2.17 bits per heavy atom. The first-order valence-corrected chi connectivity index (χ1v) is 12.2. The van der Waals surface area contributed by atoms with E-state index in [1.165, 1.54) is 34.5 Å². The van der Waals surface area contributed by atoms with Gasteiger partial charge in [0, 0.05) is 11.6 Å². The van der Waals surface area contributed by atoms with Crippen molar-refractivity contribution >= 4 is 40.7 Å². The summed E-state index contributed by atoms with van der Waals surface area (Å²) in [4.78, 5) is 28.5. The number of methoxy groups -OCH3 is 4. The van der Waals surface area contributed by atoms with E-state index in [2.05, 4.69) is 0 Å². The third-order valence-electron chi connectivity index (χ3n) is 6.72. The van der Waals surface area contributed by atoms with Gasteiger partial charge in [-0.3, -0.25) is 9.59 Å². The number of amides is 1. The molecule has 0 spiro atoms. The van der Waals surface area contributed by atoms with Crippen molar-refractivity contribution in [3.8, 4) is 23.0 Å². The van der Waals surface area contributed by atoms with E-state index in [-0.39, 0.29) is 38.7 Å². The molecule has 2 aromatic rings. The maximum absolute atomic E-state index is 13.5. The van der Waals surface area contributed by atoms with Gasteiger partial charge in [0.05, 0.1) is 50.6 Å². The first-order valence-electron chi connectivity index (χ1n) is 11.4. The molecule has 0 aromatic heterocycles. The number of aliphatic hydroxyl groups is 1. The summed E-state index contributed by atoms with van der Waals surface area (Å²) >= 11 is 12.8. The van der Waals surface area contributed by atoms with Crippen LogP contribution in [0.4, 0.5) is 0 Å². The van der Waals surface area contributed by atoms with Crippen molar-refractivity contribution in [2.75, 3.05) is 28.4 Å². The van der Waals surface area contributed by atoms with Gasteiger partial charge in [0.25, 0.3) is 11.7 Å². The normalized spacial score (nSPS) is 19.6. The summed E-state index contributed by atoms with van der Waals surface area (Å²) in [6.45, 7) is 0. The smallest absolute Gasteiger partial charge is 0.295 e. The molecule has 1 heterocycles. The molecule has 10 heteroatoms. The molecule has 0 radical (unpaired) electrons. The average Bonchev–Trinajstić information content (AvgIpc) is 3.49. The molecule has 1 N–H and O–H groups in total. The summed E-state index contributed by atoms with van der Waals surface area (Å²) < 4.78 is 21.8. The molecule has 0 bridgehead atoms. The van der Waals surface area contributed by atoms with Crippen LogP contribution in [0.2, 0.25) is 10.0 Å². The van der Waals surface area contributed by atoms with Crippen LogP contribution in [0, 0.1) is 0 Å². The van der Waals surface area contributed by atoms with E-state index < -0.39 is 23.5 Å². The van der Waals surface area contributed by atoms with Gasteiger partial charge in [0.1, 0.15) is 10.8 Å². The molecule has 4 rings (SSSR count). The Balaban J connectivity index is 2.03. The third kappa shape index (κ3) is 4.12.